The van der Waals surface area contributed by atoms with Gasteiger partial charge < -0.3 is 39.2 Å². The van der Waals surface area contributed by atoms with Gasteiger partial charge in [-0.1, -0.05) is 0 Å². The number of hydrogen-bond donors (Lipinski definition) is 2. The zero-order valence-corrected chi connectivity index (χ0v) is 24.5. The fourth-order valence-corrected chi connectivity index (χ4v) is 5.41. The predicted molar refractivity (Wildman–Crippen MR) is 152 cm³/mol. The van der Waals surface area contributed by atoms with E-state index in [0.29, 0.717) is 24.3 Å². The topological polar surface area (TPSA) is 133 Å². The highest BCUT2D eigenvalue weighted by atomic mass is 16.7. The predicted octanol–water partition coefficient (Wildman–Crippen LogP) is 3.02. The maximum Gasteiger partial charge on any atom is 0.252 e. The monoisotopic (exact) mass is 571 g/mol. The molecule has 0 spiro atoms. The van der Waals surface area contributed by atoms with E-state index in [9.17, 15) is 9.59 Å². The lowest BCUT2D eigenvalue weighted by molar-refractivity contribution is -0.136. The van der Waals surface area contributed by atoms with Crippen LogP contribution >= 0.6 is 0 Å². The summed E-state index contributed by atoms with van der Waals surface area (Å²) in [5.41, 5.74) is 5.01. The van der Waals surface area contributed by atoms with Gasteiger partial charge in [0.2, 0.25) is 12.6 Å². The van der Waals surface area contributed by atoms with Gasteiger partial charge in [0, 0.05) is 73.7 Å². The lowest BCUT2D eigenvalue weighted by atomic mass is 10.0. The molecule has 1 atom stereocenters. The molecule has 0 aliphatic carbocycles. The molecule has 41 heavy (non-hydrogen) atoms. The second-order valence-corrected chi connectivity index (χ2v) is 10.1. The Hall–Kier alpha value is -3.16. The van der Waals surface area contributed by atoms with Crippen molar-refractivity contribution in [3.63, 3.8) is 0 Å². The minimum Gasteiger partial charge on any atom is -0.372 e. The number of carbonyl (C=O) groups is 2. The summed E-state index contributed by atoms with van der Waals surface area (Å²) in [6.45, 7) is 3.02. The summed E-state index contributed by atoms with van der Waals surface area (Å²) in [7, 11) is 7.81. The normalized spacial score (nSPS) is 17.9. The summed E-state index contributed by atoms with van der Waals surface area (Å²) in [6.07, 6.45) is 4.10. The molecule has 3 aliphatic rings. The van der Waals surface area contributed by atoms with Crippen LogP contribution in [0.3, 0.4) is 0 Å². The van der Waals surface area contributed by atoms with E-state index >= 15 is 0 Å². The van der Waals surface area contributed by atoms with Gasteiger partial charge in [-0.05, 0) is 54.5 Å². The summed E-state index contributed by atoms with van der Waals surface area (Å²) >= 11 is 0. The molecule has 2 N–H and O–H groups in total. The maximum atomic E-state index is 12.4. The van der Waals surface area contributed by atoms with Crippen LogP contribution in [0.4, 0.5) is 11.6 Å². The first-order valence-electron chi connectivity index (χ1n) is 13.9. The maximum absolute atomic E-state index is 12.4. The lowest BCUT2D eigenvalue weighted by Crippen LogP contribution is -2.31. The molecule has 2 aromatic rings. The second-order valence-electron chi connectivity index (χ2n) is 10.1. The first-order valence-corrected chi connectivity index (χ1v) is 13.9. The van der Waals surface area contributed by atoms with Crippen LogP contribution in [0.1, 0.15) is 70.3 Å². The van der Waals surface area contributed by atoms with Crippen molar-refractivity contribution in [3.05, 3.63) is 45.8 Å². The van der Waals surface area contributed by atoms with Crippen molar-refractivity contribution in [2.45, 2.75) is 57.3 Å². The number of amides is 1. The molecule has 3 aliphatic heterocycles. The van der Waals surface area contributed by atoms with Gasteiger partial charge in [0.15, 0.2) is 6.29 Å². The van der Waals surface area contributed by atoms with Gasteiger partial charge >= 0.3 is 0 Å². The van der Waals surface area contributed by atoms with Gasteiger partial charge in [0.1, 0.15) is 29.1 Å². The largest absolute Gasteiger partial charge is 0.372 e. The number of nitrogens with zero attached hydrogens (tertiary/aromatic N) is 3. The molecule has 0 radical (unpaired) electrons. The first-order chi connectivity index (χ1) is 20.0. The number of fused-ring (bicyclic) bond motifs is 2. The zero-order chi connectivity index (χ0) is 29.4. The lowest BCUT2D eigenvalue weighted by Gasteiger charge is -2.25. The van der Waals surface area contributed by atoms with Crippen LogP contribution in [-0.4, -0.2) is 88.3 Å². The Labute approximate surface area is 241 Å². The third kappa shape index (κ3) is 7.02. The minimum atomic E-state index is -0.607. The van der Waals surface area contributed by atoms with Crippen LogP contribution in [0.5, 0.6) is 0 Å². The average Bonchev–Trinajstić information content (AvgIpc) is 3.37. The van der Waals surface area contributed by atoms with Crippen LogP contribution in [0, 0.1) is 0 Å². The van der Waals surface area contributed by atoms with Crippen LogP contribution in [0.15, 0.2) is 12.1 Å². The molecule has 0 saturated carbocycles. The molecular formula is C29H41N5O7. The summed E-state index contributed by atoms with van der Waals surface area (Å²) in [5, 5.41) is 6.55. The van der Waals surface area contributed by atoms with E-state index in [1.807, 2.05) is 11.0 Å². The molecule has 0 aromatic carbocycles. The fourth-order valence-electron chi connectivity index (χ4n) is 5.41. The van der Waals surface area contributed by atoms with E-state index in [1.54, 1.807) is 21.3 Å². The van der Waals surface area contributed by atoms with Gasteiger partial charge in [-0.25, -0.2) is 9.97 Å². The van der Waals surface area contributed by atoms with E-state index in [-0.39, 0.29) is 12.0 Å². The summed E-state index contributed by atoms with van der Waals surface area (Å²) in [5.74, 6) is 1.75. The SMILES string of the molecule is COC(OC)c1nc2c(cc1C=O)CCCN2.COC(OC)c1nc2c(cc1CN1CC[C@@H](OC)C1=O)CCCN2. The van der Waals surface area contributed by atoms with E-state index in [1.165, 1.54) is 19.8 Å². The van der Waals surface area contributed by atoms with Gasteiger partial charge in [-0.15, -0.1) is 0 Å². The Morgan fingerprint density at radius 3 is 2.00 bits per heavy atom. The van der Waals surface area contributed by atoms with E-state index in [2.05, 4.69) is 21.7 Å². The number of ether oxygens (including phenoxy) is 5. The number of nitrogens with one attached hydrogen (secondary N) is 2. The van der Waals surface area contributed by atoms with Crippen molar-refractivity contribution in [1.29, 1.82) is 0 Å². The third-order valence-electron chi connectivity index (χ3n) is 7.53. The molecule has 5 heterocycles. The number of aryl methyl sites for hydroxylation is 2. The molecule has 2 aromatic heterocycles. The standard InChI is InChI=1S/C17H25N3O4.C12H16N2O3/c1-22-13-6-8-20(16(13)21)10-12-9-11-5-4-7-18-15(11)19-14(12)17(23-2)24-3;1-16-12(17-2)10-9(7-15)6-8-4-3-5-13-11(8)14-10/h9,13,17H,4-8,10H2,1-3H3,(H,18,19);6-7,12H,3-5H2,1-2H3,(H,13,14)/t13-;/m1./s1. The number of hydrogen-bond acceptors (Lipinski definition) is 11. The number of methoxy groups -OCH3 is 5. The number of aromatic nitrogens is 2. The number of likely N-dealkylation sites (tertiary alicyclic amines) is 1. The molecule has 1 amide bonds. The Balaban J connectivity index is 0.000000201. The molecule has 0 bridgehead atoms. The highest BCUT2D eigenvalue weighted by Crippen LogP contribution is 2.30. The van der Waals surface area contributed by atoms with E-state index in [0.717, 1.165) is 79.9 Å². The van der Waals surface area contributed by atoms with Crippen LogP contribution in [0.2, 0.25) is 0 Å². The minimum absolute atomic E-state index is 0.0330. The molecule has 1 saturated heterocycles. The summed E-state index contributed by atoms with van der Waals surface area (Å²) in [6, 6.07) is 3.99. The molecule has 12 nitrogen and oxygen atoms in total. The smallest absolute Gasteiger partial charge is 0.252 e. The van der Waals surface area contributed by atoms with Crippen molar-refractivity contribution < 1.29 is 33.3 Å². The van der Waals surface area contributed by atoms with Gasteiger partial charge in [-0.2, -0.15) is 0 Å². The van der Waals surface area contributed by atoms with Crippen molar-refractivity contribution >= 4 is 23.8 Å². The number of pyridine rings is 2. The van der Waals surface area contributed by atoms with E-state index < -0.39 is 12.6 Å². The van der Waals surface area contributed by atoms with Crippen molar-refractivity contribution in [3.8, 4) is 0 Å². The first kappa shape index (κ1) is 30.8. The van der Waals surface area contributed by atoms with Crippen molar-refractivity contribution in [2.24, 2.45) is 0 Å². The number of rotatable bonds is 10. The Morgan fingerprint density at radius 2 is 1.46 bits per heavy atom. The quantitative estimate of drug-likeness (QED) is 0.322. The summed E-state index contributed by atoms with van der Waals surface area (Å²) < 4.78 is 26.4. The highest BCUT2D eigenvalue weighted by Gasteiger charge is 2.33. The second kappa shape index (κ2) is 14.6. The highest BCUT2D eigenvalue weighted by molar-refractivity contribution is 5.83. The Kier molecular flexibility index (Phi) is 11.0. The van der Waals surface area contributed by atoms with Gasteiger partial charge in [-0.3, -0.25) is 9.59 Å². The number of anilines is 2. The van der Waals surface area contributed by atoms with Gasteiger partial charge in [0.05, 0.1) is 0 Å². The van der Waals surface area contributed by atoms with Crippen molar-refractivity contribution in [2.75, 3.05) is 65.8 Å². The van der Waals surface area contributed by atoms with Crippen LogP contribution in [-0.2, 0) is 47.9 Å². The molecule has 1 fully saturated rings. The van der Waals surface area contributed by atoms with Crippen LogP contribution < -0.4 is 10.6 Å². The molecule has 12 heteroatoms. The van der Waals surface area contributed by atoms with Crippen LogP contribution in [0.25, 0.3) is 0 Å². The molecule has 5 rings (SSSR count). The Morgan fingerprint density at radius 1 is 0.902 bits per heavy atom. The zero-order valence-electron chi connectivity index (χ0n) is 24.5. The van der Waals surface area contributed by atoms with E-state index in [4.69, 9.17) is 28.7 Å². The molecule has 224 valence electrons. The van der Waals surface area contributed by atoms with Crippen molar-refractivity contribution in [1.82, 2.24) is 14.9 Å². The average molecular weight is 572 g/mol. The van der Waals surface area contributed by atoms with Gasteiger partial charge in [0.25, 0.3) is 5.91 Å². The summed E-state index contributed by atoms with van der Waals surface area (Å²) in [4.78, 5) is 34.4. The molecular weight excluding hydrogens is 530 g/mol. The molecule has 0 unspecified atom stereocenters. The number of carbonyl (C=O) groups excluding carboxylic acids is 2. The fraction of sp³-hybridized carbons (Fsp3) is 0.586. The Bertz CT molecular complexity index is 1200. The number of aldehydes is 1. The third-order valence-corrected chi connectivity index (χ3v) is 7.53.